The second kappa shape index (κ2) is 13.6. The number of rotatable bonds is 15. The number of ketones is 1. The van der Waals surface area contributed by atoms with E-state index < -0.39 is 13.0 Å². The second-order valence-corrected chi connectivity index (χ2v) is 10.6. The van der Waals surface area contributed by atoms with Gasteiger partial charge in [0.25, 0.3) is 5.91 Å². The summed E-state index contributed by atoms with van der Waals surface area (Å²) in [4.78, 5) is 23.3. The summed E-state index contributed by atoms with van der Waals surface area (Å²) in [7, 11) is -2.46. The van der Waals surface area contributed by atoms with Crippen molar-refractivity contribution < 1.29 is 19.4 Å². The van der Waals surface area contributed by atoms with E-state index in [0.717, 1.165) is 19.3 Å². The van der Waals surface area contributed by atoms with Gasteiger partial charge in [0.15, 0.2) is 0 Å². The maximum atomic E-state index is 11.7. The molecule has 0 atom stereocenters. The van der Waals surface area contributed by atoms with Gasteiger partial charge in [0.2, 0.25) is 0 Å². The minimum absolute atomic E-state index is 0.0785. The van der Waals surface area contributed by atoms with Gasteiger partial charge in [-0.2, -0.15) is 0 Å². The molecule has 0 aromatic carbocycles. The van der Waals surface area contributed by atoms with Crippen molar-refractivity contribution >= 4 is 18.8 Å². The molecule has 0 aliphatic carbocycles. The van der Waals surface area contributed by atoms with Gasteiger partial charge in [-0.25, -0.2) is 5.06 Å². The highest BCUT2D eigenvalue weighted by Crippen LogP contribution is 2.35. The summed E-state index contributed by atoms with van der Waals surface area (Å²) in [6.45, 7) is 5.53. The van der Waals surface area contributed by atoms with Crippen LogP contribution in [0.5, 0.6) is 0 Å². The Morgan fingerprint density at radius 1 is 0.875 bits per heavy atom. The molecule has 0 fully saturated rings. The molecule has 0 heterocycles. The fourth-order valence-electron chi connectivity index (χ4n) is 2.61. The SMILES string of the molecule is CCCCCCCCCCCCN(O)C(=O)CC(=O)CP(C)(C)=O. The molecule has 24 heavy (non-hydrogen) atoms. The molecule has 0 saturated carbocycles. The molecule has 0 unspecified atom stereocenters. The molecule has 1 amide bonds. The highest BCUT2D eigenvalue weighted by Gasteiger charge is 2.19. The first-order valence-electron chi connectivity index (χ1n) is 9.31. The van der Waals surface area contributed by atoms with Crippen LogP contribution in [0.1, 0.15) is 77.6 Å². The van der Waals surface area contributed by atoms with E-state index in [1.165, 1.54) is 58.3 Å². The zero-order chi connectivity index (χ0) is 18.4. The van der Waals surface area contributed by atoms with E-state index in [1.54, 1.807) is 0 Å². The molecule has 1 N–H and O–H groups in total. The van der Waals surface area contributed by atoms with Crippen molar-refractivity contribution in [3.63, 3.8) is 0 Å². The quantitative estimate of drug-likeness (QED) is 0.151. The van der Waals surface area contributed by atoms with Crippen molar-refractivity contribution in [3.8, 4) is 0 Å². The summed E-state index contributed by atoms with van der Waals surface area (Å²) < 4.78 is 11.5. The third-order valence-electron chi connectivity index (χ3n) is 3.92. The maximum absolute atomic E-state index is 11.7. The van der Waals surface area contributed by atoms with Crippen molar-refractivity contribution in [1.82, 2.24) is 5.06 Å². The number of Topliss-reactive ketones (excluding diaryl/α,β-unsaturated/α-hetero) is 1. The zero-order valence-electron chi connectivity index (χ0n) is 15.8. The Kier molecular flexibility index (Phi) is 13.2. The van der Waals surface area contributed by atoms with Gasteiger partial charge in [0.05, 0.1) is 19.7 Å². The number of amides is 1. The maximum Gasteiger partial charge on any atom is 0.253 e. The summed E-state index contributed by atoms with van der Waals surface area (Å²) in [5, 5.41) is 10.3. The largest absolute Gasteiger partial charge is 0.324 e. The monoisotopic (exact) mass is 361 g/mol. The number of hydrogen-bond acceptors (Lipinski definition) is 4. The van der Waals surface area contributed by atoms with Crippen LogP contribution in [0.4, 0.5) is 0 Å². The number of unbranched alkanes of at least 4 members (excludes halogenated alkanes) is 9. The summed E-state index contributed by atoms with van der Waals surface area (Å²) in [6.07, 6.45) is 11.4. The molecule has 0 aliphatic heterocycles. The zero-order valence-corrected chi connectivity index (χ0v) is 16.7. The van der Waals surface area contributed by atoms with Crippen LogP contribution < -0.4 is 0 Å². The van der Waals surface area contributed by atoms with Gasteiger partial charge in [-0.3, -0.25) is 14.8 Å². The lowest BCUT2D eigenvalue weighted by Crippen LogP contribution is -2.30. The topological polar surface area (TPSA) is 74.7 Å². The average molecular weight is 361 g/mol. The second-order valence-electron chi connectivity index (χ2n) is 7.15. The molecular formula is C18H36NO4P. The first-order chi connectivity index (χ1) is 11.3. The molecule has 0 aliphatic rings. The number of hydroxylamine groups is 2. The van der Waals surface area contributed by atoms with E-state index in [9.17, 15) is 19.4 Å². The van der Waals surface area contributed by atoms with Gasteiger partial charge in [-0.1, -0.05) is 64.7 Å². The predicted molar refractivity (Wildman–Crippen MR) is 99.3 cm³/mol. The molecule has 142 valence electrons. The van der Waals surface area contributed by atoms with Crippen molar-refractivity contribution in [1.29, 1.82) is 0 Å². The van der Waals surface area contributed by atoms with Crippen LogP contribution in [0.3, 0.4) is 0 Å². The van der Waals surface area contributed by atoms with Crippen LogP contribution in [0, 0.1) is 0 Å². The first kappa shape index (κ1) is 23.3. The van der Waals surface area contributed by atoms with Crippen LogP contribution in [0.25, 0.3) is 0 Å². The molecular weight excluding hydrogens is 325 g/mol. The molecule has 0 rings (SSSR count). The van der Waals surface area contributed by atoms with Crippen LogP contribution in [-0.2, 0) is 14.2 Å². The molecule has 0 bridgehead atoms. The Labute approximate surface area is 147 Å². The van der Waals surface area contributed by atoms with Gasteiger partial charge in [0, 0.05) is 6.54 Å². The van der Waals surface area contributed by atoms with E-state index in [-0.39, 0.29) is 24.9 Å². The predicted octanol–water partition coefficient (Wildman–Crippen LogP) is 4.71. The van der Waals surface area contributed by atoms with E-state index in [4.69, 9.17) is 0 Å². The average Bonchev–Trinajstić information content (AvgIpc) is 2.46. The Morgan fingerprint density at radius 3 is 1.79 bits per heavy atom. The Hall–Kier alpha value is -0.670. The van der Waals surface area contributed by atoms with Crippen molar-refractivity contribution in [2.24, 2.45) is 0 Å². The molecule has 0 radical (unpaired) electrons. The van der Waals surface area contributed by atoms with Gasteiger partial charge in [-0.15, -0.1) is 0 Å². The number of carbonyl (C=O) groups excluding carboxylic acids is 2. The minimum atomic E-state index is -2.46. The normalized spacial score (nSPS) is 11.5. The lowest BCUT2D eigenvalue weighted by Gasteiger charge is -2.14. The van der Waals surface area contributed by atoms with Crippen LogP contribution in [-0.4, -0.2) is 48.0 Å². The Morgan fingerprint density at radius 2 is 1.33 bits per heavy atom. The van der Waals surface area contributed by atoms with E-state index in [2.05, 4.69) is 6.92 Å². The standard InChI is InChI=1S/C18H36NO4P/c1-4-5-6-7-8-9-10-11-12-13-14-19(22)18(21)15-17(20)16-24(2,3)23/h22H,4-16H2,1-3H3. The van der Waals surface area contributed by atoms with Gasteiger partial charge < -0.3 is 4.57 Å². The number of hydrogen-bond donors (Lipinski definition) is 1. The van der Waals surface area contributed by atoms with Crippen molar-refractivity contribution in [2.75, 3.05) is 26.0 Å². The summed E-state index contributed by atoms with van der Waals surface area (Å²) in [5.41, 5.74) is 0. The highest BCUT2D eigenvalue weighted by molar-refractivity contribution is 7.63. The van der Waals surface area contributed by atoms with Gasteiger partial charge >= 0.3 is 0 Å². The smallest absolute Gasteiger partial charge is 0.253 e. The lowest BCUT2D eigenvalue weighted by atomic mass is 10.1. The van der Waals surface area contributed by atoms with Crippen LogP contribution >= 0.6 is 7.14 Å². The first-order valence-corrected chi connectivity index (χ1v) is 12.1. The van der Waals surface area contributed by atoms with Gasteiger partial charge in [0.1, 0.15) is 5.78 Å². The molecule has 5 nitrogen and oxygen atoms in total. The van der Waals surface area contributed by atoms with Crippen LogP contribution in [0.2, 0.25) is 0 Å². The van der Waals surface area contributed by atoms with Crippen molar-refractivity contribution in [2.45, 2.75) is 77.6 Å². The molecule has 0 aromatic rings. The Balaban J connectivity index is 3.61. The minimum Gasteiger partial charge on any atom is -0.324 e. The molecule has 0 aromatic heterocycles. The fourth-order valence-corrected chi connectivity index (χ4v) is 3.58. The van der Waals surface area contributed by atoms with Crippen molar-refractivity contribution in [3.05, 3.63) is 0 Å². The third kappa shape index (κ3) is 14.9. The van der Waals surface area contributed by atoms with E-state index in [0.29, 0.717) is 5.06 Å². The van der Waals surface area contributed by atoms with Crippen LogP contribution in [0.15, 0.2) is 0 Å². The molecule has 0 saturated heterocycles. The summed E-state index contributed by atoms with van der Waals surface area (Å²) in [6, 6.07) is 0. The number of nitrogens with zero attached hydrogens (tertiary/aromatic N) is 1. The fraction of sp³-hybridized carbons (Fsp3) is 0.889. The number of carbonyl (C=O) groups is 2. The highest BCUT2D eigenvalue weighted by atomic mass is 31.2. The van der Waals surface area contributed by atoms with E-state index in [1.807, 2.05) is 0 Å². The van der Waals surface area contributed by atoms with Gasteiger partial charge in [-0.05, 0) is 19.8 Å². The summed E-state index contributed by atoms with van der Waals surface area (Å²) >= 11 is 0. The lowest BCUT2D eigenvalue weighted by molar-refractivity contribution is -0.166. The summed E-state index contributed by atoms with van der Waals surface area (Å²) in [5.74, 6) is -0.958. The molecule has 0 spiro atoms. The van der Waals surface area contributed by atoms with E-state index >= 15 is 0 Å². The Bertz CT molecular complexity index is 406. The third-order valence-corrected chi connectivity index (χ3v) is 5.03. The molecule has 6 heteroatoms.